The SMILES string of the molecule is CC(C)(C)OC1(C)CC12CC2(C)C(=O)I. The van der Waals surface area contributed by atoms with Gasteiger partial charge in [0.2, 0.25) is 0 Å². The van der Waals surface area contributed by atoms with E-state index in [1.807, 2.05) is 22.6 Å². The van der Waals surface area contributed by atoms with Crippen LogP contribution in [0.1, 0.15) is 47.5 Å². The lowest BCUT2D eigenvalue weighted by Crippen LogP contribution is -2.29. The first-order valence-electron chi connectivity index (χ1n) is 5.47. The van der Waals surface area contributed by atoms with Crippen molar-refractivity contribution < 1.29 is 9.53 Å². The van der Waals surface area contributed by atoms with E-state index in [4.69, 9.17) is 4.74 Å². The molecular formula is C12H19IO2. The number of ether oxygens (including phenoxy) is 1. The van der Waals surface area contributed by atoms with E-state index in [1.165, 1.54) is 0 Å². The molecule has 0 aromatic rings. The maximum atomic E-state index is 11.6. The third-order valence-electron chi connectivity index (χ3n) is 4.08. The fourth-order valence-corrected chi connectivity index (χ4v) is 3.89. The Morgan fingerprint density at radius 3 is 2.13 bits per heavy atom. The molecule has 3 heteroatoms. The van der Waals surface area contributed by atoms with Crippen LogP contribution >= 0.6 is 22.6 Å². The minimum Gasteiger partial charge on any atom is -0.369 e. The molecule has 0 N–H and O–H groups in total. The quantitative estimate of drug-likeness (QED) is 0.576. The zero-order valence-corrected chi connectivity index (χ0v) is 12.3. The number of hydrogen-bond acceptors (Lipinski definition) is 2. The number of rotatable bonds is 2. The van der Waals surface area contributed by atoms with Crippen molar-refractivity contribution in [2.45, 2.75) is 58.7 Å². The third-order valence-corrected chi connectivity index (χ3v) is 5.27. The Morgan fingerprint density at radius 1 is 1.27 bits per heavy atom. The van der Waals surface area contributed by atoms with E-state index in [9.17, 15) is 4.79 Å². The molecule has 2 aliphatic carbocycles. The predicted octanol–water partition coefficient (Wildman–Crippen LogP) is 3.32. The van der Waals surface area contributed by atoms with E-state index in [0.717, 1.165) is 12.8 Å². The first-order chi connectivity index (χ1) is 6.56. The van der Waals surface area contributed by atoms with Crippen molar-refractivity contribution in [2.75, 3.05) is 0 Å². The van der Waals surface area contributed by atoms with Gasteiger partial charge in [-0.1, -0.05) is 6.92 Å². The van der Waals surface area contributed by atoms with Gasteiger partial charge >= 0.3 is 0 Å². The summed E-state index contributed by atoms with van der Waals surface area (Å²) in [5.74, 6) is 0. The molecule has 2 fully saturated rings. The van der Waals surface area contributed by atoms with Crippen LogP contribution in [0.4, 0.5) is 0 Å². The Morgan fingerprint density at radius 2 is 1.80 bits per heavy atom. The van der Waals surface area contributed by atoms with Gasteiger partial charge in [0.05, 0.1) is 11.2 Å². The molecule has 0 aliphatic heterocycles. The number of halogens is 1. The number of carbonyl (C=O) groups is 1. The van der Waals surface area contributed by atoms with Gasteiger partial charge in [-0.2, -0.15) is 0 Å². The maximum absolute atomic E-state index is 11.6. The van der Waals surface area contributed by atoms with Gasteiger partial charge in [0.1, 0.15) is 0 Å². The van der Waals surface area contributed by atoms with Gasteiger partial charge in [0.15, 0.2) is 3.79 Å². The normalized spacial score (nSPS) is 48.1. The highest BCUT2D eigenvalue weighted by atomic mass is 127. The van der Waals surface area contributed by atoms with Gasteiger partial charge in [0.25, 0.3) is 0 Å². The predicted molar refractivity (Wildman–Crippen MR) is 68.0 cm³/mol. The average molecular weight is 322 g/mol. The van der Waals surface area contributed by atoms with Crippen LogP contribution in [0, 0.1) is 10.8 Å². The Bertz CT molecular complexity index is 333. The highest BCUT2D eigenvalue weighted by Crippen LogP contribution is 2.85. The van der Waals surface area contributed by atoms with E-state index in [0.29, 0.717) is 3.79 Å². The lowest BCUT2D eigenvalue weighted by Gasteiger charge is -2.26. The van der Waals surface area contributed by atoms with Crippen LogP contribution in [-0.2, 0) is 9.53 Å². The highest BCUT2D eigenvalue weighted by molar-refractivity contribution is 14.1. The molecule has 2 aliphatic rings. The van der Waals surface area contributed by atoms with Crippen LogP contribution in [0.5, 0.6) is 0 Å². The van der Waals surface area contributed by atoms with Crippen molar-refractivity contribution in [1.82, 2.24) is 0 Å². The zero-order chi connectivity index (χ0) is 11.7. The van der Waals surface area contributed by atoms with Crippen LogP contribution in [0.2, 0.25) is 0 Å². The second kappa shape index (κ2) is 2.78. The monoisotopic (exact) mass is 322 g/mol. The van der Waals surface area contributed by atoms with Crippen molar-refractivity contribution in [1.29, 1.82) is 0 Å². The summed E-state index contributed by atoms with van der Waals surface area (Å²) in [7, 11) is 0. The molecule has 3 atom stereocenters. The smallest absolute Gasteiger partial charge is 0.198 e. The zero-order valence-electron chi connectivity index (χ0n) is 10.1. The Kier molecular flexibility index (Phi) is 2.19. The van der Waals surface area contributed by atoms with E-state index >= 15 is 0 Å². The van der Waals surface area contributed by atoms with Gasteiger partial charge in [-0.05, 0) is 40.5 Å². The molecule has 86 valence electrons. The molecule has 0 saturated heterocycles. The lowest BCUT2D eigenvalue weighted by molar-refractivity contribution is -0.116. The Balaban J connectivity index is 2.11. The van der Waals surface area contributed by atoms with Crippen molar-refractivity contribution in [3.63, 3.8) is 0 Å². The summed E-state index contributed by atoms with van der Waals surface area (Å²) in [5.41, 5.74) is -0.143. The molecule has 0 radical (unpaired) electrons. The molecule has 2 saturated carbocycles. The van der Waals surface area contributed by atoms with Gasteiger partial charge in [0, 0.05) is 33.4 Å². The second-order valence-electron chi connectivity index (χ2n) is 6.49. The van der Waals surface area contributed by atoms with Crippen LogP contribution in [0.15, 0.2) is 0 Å². The first kappa shape index (κ1) is 11.8. The average Bonchev–Trinajstić information content (AvgIpc) is 2.70. The van der Waals surface area contributed by atoms with E-state index in [2.05, 4.69) is 34.6 Å². The molecular weight excluding hydrogens is 303 g/mol. The summed E-state index contributed by atoms with van der Waals surface area (Å²) in [4.78, 5) is 11.6. The maximum Gasteiger partial charge on any atom is 0.198 e. The van der Waals surface area contributed by atoms with E-state index in [-0.39, 0.29) is 22.0 Å². The molecule has 1 spiro atoms. The van der Waals surface area contributed by atoms with Crippen LogP contribution < -0.4 is 0 Å². The minimum absolute atomic E-state index is 0.0686. The highest BCUT2D eigenvalue weighted by Gasteiger charge is 2.86. The van der Waals surface area contributed by atoms with Crippen LogP contribution in [-0.4, -0.2) is 15.0 Å². The van der Waals surface area contributed by atoms with Gasteiger partial charge in [-0.15, -0.1) is 0 Å². The van der Waals surface area contributed by atoms with Crippen molar-refractivity contribution in [2.24, 2.45) is 10.8 Å². The lowest BCUT2D eigenvalue weighted by atomic mass is 10.0. The summed E-state index contributed by atoms with van der Waals surface area (Å²) in [6, 6.07) is 0. The molecule has 15 heavy (non-hydrogen) atoms. The molecule has 0 aromatic heterocycles. The van der Waals surface area contributed by atoms with Gasteiger partial charge < -0.3 is 4.74 Å². The van der Waals surface area contributed by atoms with Gasteiger partial charge in [-0.25, -0.2) is 0 Å². The van der Waals surface area contributed by atoms with Crippen LogP contribution in [0.25, 0.3) is 0 Å². The minimum atomic E-state index is -0.117. The summed E-state index contributed by atoms with van der Waals surface area (Å²) in [6.07, 6.45) is 2.05. The van der Waals surface area contributed by atoms with E-state index < -0.39 is 0 Å². The summed E-state index contributed by atoms with van der Waals surface area (Å²) < 4.78 is 6.40. The van der Waals surface area contributed by atoms with Crippen LogP contribution in [0.3, 0.4) is 0 Å². The van der Waals surface area contributed by atoms with Crippen molar-refractivity contribution in [3.8, 4) is 0 Å². The number of carbonyl (C=O) groups excluding carboxylic acids is 1. The fourth-order valence-electron chi connectivity index (χ4n) is 3.19. The fraction of sp³-hybridized carbons (Fsp3) is 0.917. The van der Waals surface area contributed by atoms with Crippen molar-refractivity contribution >= 4 is 26.4 Å². The molecule has 0 amide bonds. The standard InChI is InChI=1S/C12H19IO2/c1-9(2,3)15-11(5)7-12(11)6-10(12,4)8(13)14/h6-7H2,1-5H3. The summed E-state index contributed by atoms with van der Waals surface area (Å²) in [5, 5.41) is 0. The topological polar surface area (TPSA) is 26.3 Å². The van der Waals surface area contributed by atoms with Gasteiger partial charge in [-0.3, -0.25) is 4.79 Å². The molecule has 2 nitrogen and oxygen atoms in total. The first-order valence-corrected chi connectivity index (χ1v) is 6.54. The molecule has 2 rings (SSSR count). The van der Waals surface area contributed by atoms with E-state index in [1.54, 1.807) is 0 Å². The largest absolute Gasteiger partial charge is 0.369 e. The molecule has 0 aromatic carbocycles. The molecule has 0 heterocycles. The van der Waals surface area contributed by atoms with Crippen molar-refractivity contribution in [3.05, 3.63) is 0 Å². The summed E-state index contributed by atoms with van der Waals surface area (Å²) >= 11 is 1.94. The Labute approximate surface area is 105 Å². The molecule has 3 unspecified atom stereocenters. The number of hydrogen-bond donors (Lipinski definition) is 0. The molecule has 0 bridgehead atoms. The third kappa shape index (κ3) is 1.49. The Hall–Kier alpha value is 0.360. The second-order valence-corrected chi connectivity index (χ2v) is 7.47. The summed E-state index contributed by atoms with van der Waals surface area (Å²) in [6.45, 7) is 10.5.